The second kappa shape index (κ2) is 4.62. The fourth-order valence-electron chi connectivity index (χ4n) is 1.21. The molecular formula is C11H11FN2O2. The fraction of sp³-hybridized carbons (Fsp3) is 0.273. The number of nitro benzene ring substituents is 1. The number of hydrogen-bond acceptors (Lipinski definition) is 3. The number of nitrogens with zero attached hydrogens (tertiary/aromatic N) is 1. The highest BCUT2D eigenvalue weighted by Crippen LogP contribution is 2.27. The first kappa shape index (κ1) is 12.0. The van der Waals surface area contributed by atoms with Gasteiger partial charge in [-0.25, -0.2) is 4.39 Å². The summed E-state index contributed by atoms with van der Waals surface area (Å²) in [7, 11) is 0. The third-order valence-electron chi connectivity index (χ3n) is 2.10. The molecule has 4 nitrogen and oxygen atoms in total. The number of aryl methyl sites for hydroxylation is 1. The van der Waals surface area contributed by atoms with Crippen LogP contribution in [0.25, 0.3) is 0 Å². The van der Waals surface area contributed by atoms with Crippen molar-refractivity contribution >= 4 is 11.4 Å². The van der Waals surface area contributed by atoms with Crippen LogP contribution in [-0.2, 0) is 0 Å². The Kier molecular flexibility index (Phi) is 3.46. The SMILES string of the molecule is C#CC(C)Nc1cc(C)c(F)cc1[N+](=O)[O-]. The quantitative estimate of drug-likeness (QED) is 0.485. The molecule has 0 spiro atoms. The van der Waals surface area contributed by atoms with E-state index < -0.39 is 10.7 Å². The van der Waals surface area contributed by atoms with E-state index in [1.807, 2.05) is 0 Å². The van der Waals surface area contributed by atoms with Gasteiger partial charge in [-0.05, 0) is 25.5 Å². The van der Waals surface area contributed by atoms with Crippen LogP contribution in [0.1, 0.15) is 12.5 Å². The first-order valence-electron chi connectivity index (χ1n) is 4.63. The maximum Gasteiger partial charge on any atom is 0.295 e. The highest BCUT2D eigenvalue weighted by molar-refractivity contribution is 5.64. The zero-order valence-electron chi connectivity index (χ0n) is 8.95. The lowest BCUT2D eigenvalue weighted by atomic mass is 10.1. The molecule has 0 aliphatic carbocycles. The lowest BCUT2D eigenvalue weighted by molar-refractivity contribution is -0.384. The molecule has 0 aliphatic heterocycles. The topological polar surface area (TPSA) is 55.2 Å². The van der Waals surface area contributed by atoms with Crippen molar-refractivity contribution < 1.29 is 9.31 Å². The van der Waals surface area contributed by atoms with E-state index in [4.69, 9.17) is 6.42 Å². The van der Waals surface area contributed by atoms with Gasteiger partial charge < -0.3 is 5.32 Å². The van der Waals surface area contributed by atoms with Crippen molar-refractivity contribution in [3.63, 3.8) is 0 Å². The van der Waals surface area contributed by atoms with Gasteiger partial charge in [0.15, 0.2) is 0 Å². The Bertz CT molecular complexity index is 466. The van der Waals surface area contributed by atoms with Crippen LogP contribution in [0.2, 0.25) is 0 Å². The molecule has 1 N–H and O–H groups in total. The number of terminal acetylenes is 1. The molecule has 0 saturated heterocycles. The van der Waals surface area contributed by atoms with E-state index in [1.165, 1.54) is 13.0 Å². The van der Waals surface area contributed by atoms with E-state index in [-0.39, 0.29) is 17.4 Å². The summed E-state index contributed by atoms with van der Waals surface area (Å²) in [6, 6.07) is 1.91. The molecule has 0 bridgehead atoms. The average Bonchev–Trinajstić information content (AvgIpc) is 2.22. The molecule has 1 atom stereocenters. The Morgan fingerprint density at radius 1 is 1.62 bits per heavy atom. The van der Waals surface area contributed by atoms with Gasteiger partial charge in [-0.1, -0.05) is 5.92 Å². The van der Waals surface area contributed by atoms with E-state index >= 15 is 0 Å². The van der Waals surface area contributed by atoms with Crippen LogP contribution < -0.4 is 5.32 Å². The minimum atomic E-state index is -0.645. The van der Waals surface area contributed by atoms with Gasteiger partial charge in [0.1, 0.15) is 11.5 Å². The van der Waals surface area contributed by atoms with Crippen molar-refractivity contribution in [2.75, 3.05) is 5.32 Å². The Hall–Kier alpha value is -2.09. The molecular weight excluding hydrogens is 211 g/mol. The number of anilines is 1. The van der Waals surface area contributed by atoms with Crippen LogP contribution in [0.5, 0.6) is 0 Å². The molecule has 0 saturated carbocycles. The second-order valence-corrected chi connectivity index (χ2v) is 3.41. The summed E-state index contributed by atoms with van der Waals surface area (Å²) in [5.41, 5.74) is 0.247. The number of nitro groups is 1. The van der Waals surface area contributed by atoms with Crippen molar-refractivity contribution in [2.45, 2.75) is 19.9 Å². The summed E-state index contributed by atoms with van der Waals surface area (Å²) in [5.74, 6) is 1.78. The number of benzene rings is 1. The Balaban J connectivity index is 3.21. The third-order valence-corrected chi connectivity index (χ3v) is 2.10. The molecule has 1 aromatic carbocycles. The average molecular weight is 222 g/mol. The minimum absolute atomic E-state index is 0.231. The maximum atomic E-state index is 13.2. The summed E-state index contributed by atoms with van der Waals surface area (Å²) >= 11 is 0. The van der Waals surface area contributed by atoms with Gasteiger partial charge in [-0.15, -0.1) is 6.42 Å². The van der Waals surface area contributed by atoms with Crippen LogP contribution in [-0.4, -0.2) is 11.0 Å². The summed E-state index contributed by atoms with van der Waals surface area (Å²) in [6.45, 7) is 3.22. The molecule has 0 aromatic heterocycles. The standard InChI is InChI=1S/C11H11FN2O2/c1-4-8(3)13-10-5-7(2)9(12)6-11(10)14(15)16/h1,5-6,8,13H,2-3H3. The minimum Gasteiger partial charge on any atom is -0.366 e. The molecule has 16 heavy (non-hydrogen) atoms. The Morgan fingerprint density at radius 3 is 2.75 bits per heavy atom. The first-order chi connectivity index (χ1) is 7.45. The highest BCUT2D eigenvalue weighted by atomic mass is 19.1. The first-order valence-corrected chi connectivity index (χ1v) is 4.63. The molecule has 0 radical (unpaired) electrons. The molecule has 1 aromatic rings. The predicted octanol–water partition coefficient (Wildman–Crippen LogP) is 2.48. The van der Waals surface area contributed by atoms with Gasteiger partial charge in [0, 0.05) is 0 Å². The van der Waals surface area contributed by atoms with Crippen LogP contribution in [0, 0.1) is 35.2 Å². The smallest absolute Gasteiger partial charge is 0.295 e. The number of nitrogens with one attached hydrogen (secondary N) is 1. The van der Waals surface area contributed by atoms with E-state index in [0.29, 0.717) is 5.56 Å². The van der Waals surface area contributed by atoms with E-state index in [1.54, 1.807) is 6.92 Å². The predicted molar refractivity (Wildman–Crippen MR) is 59.7 cm³/mol. The van der Waals surface area contributed by atoms with E-state index in [0.717, 1.165) is 6.07 Å². The van der Waals surface area contributed by atoms with E-state index in [2.05, 4.69) is 11.2 Å². The van der Waals surface area contributed by atoms with Crippen molar-refractivity contribution in [1.29, 1.82) is 0 Å². The molecule has 0 heterocycles. The lowest BCUT2D eigenvalue weighted by Gasteiger charge is -2.10. The zero-order valence-corrected chi connectivity index (χ0v) is 8.95. The number of rotatable bonds is 3. The van der Waals surface area contributed by atoms with Crippen LogP contribution >= 0.6 is 0 Å². The molecule has 0 aliphatic rings. The van der Waals surface area contributed by atoms with Crippen LogP contribution in [0.3, 0.4) is 0 Å². The normalized spacial score (nSPS) is 11.6. The number of halogens is 1. The molecule has 1 rings (SSSR count). The largest absolute Gasteiger partial charge is 0.366 e. The van der Waals surface area contributed by atoms with Gasteiger partial charge in [-0.3, -0.25) is 10.1 Å². The van der Waals surface area contributed by atoms with Gasteiger partial charge >= 0.3 is 0 Å². The van der Waals surface area contributed by atoms with Gasteiger partial charge in [0.2, 0.25) is 0 Å². The van der Waals surface area contributed by atoms with Crippen molar-refractivity contribution in [2.24, 2.45) is 0 Å². The molecule has 5 heteroatoms. The van der Waals surface area contributed by atoms with Crippen LogP contribution in [0.15, 0.2) is 12.1 Å². The van der Waals surface area contributed by atoms with Crippen LogP contribution in [0.4, 0.5) is 15.8 Å². The Labute approximate surface area is 92.6 Å². The van der Waals surface area contributed by atoms with Gasteiger partial charge in [0.05, 0.1) is 17.0 Å². The Morgan fingerprint density at radius 2 is 2.25 bits per heavy atom. The monoisotopic (exact) mass is 222 g/mol. The molecule has 0 fully saturated rings. The lowest BCUT2D eigenvalue weighted by Crippen LogP contribution is -2.13. The third kappa shape index (κ3) is 2.48. The summed E-state index contributed by atoms with van der Waals surface area (Å²) in [6.07, 6.45) is 5.16. The van der Waals surface area contributed by atoms with Gasteiger partial charge in [-0.2, -0.15) is 0 Å². The molecule has 1 unspecified atom stereocenters. The zero-order chi connectivity index (χ0) is 12.3. The maximum absolute atomic E-state index is 13.2. The summed E-state index contributed by atoms with van der Waals surface area (Å²) < 4.78 is 13.2. The van der Waals surface area contributed by atoms with Crippen molar-refractivity contribution in [3.8, 4) is 12.3 Å². The molecule has 0 amide bonds. The summed E-state index contributed by atoms with van der Waals surface area (Å²) in [5, 5.41) is 13.5. The van der Waals surface area contributed by atoms with Crippen molar-refractivity contribution in [3.05, 3.63) is 33.6 Å². The van der Waals surface area contributed by atoms with E-state index in [9.17, 15) is 14.5 Å². The summed E-state index contributed by atoms with van der Waals surface area (Å²) in [4.78, 5) is 10.1. The second-order valence-electron chi connectivity index (χ2n) is 3.41. The highest BCUT2D eigenvalue weighted by Gasteiger charge is 2.17. The fourth-order valence-corrected chi connectivity index (χ4v) is 1.21. The molecule has 84 valence electrons. The van der Waals surface area contributed by atoms with Gasteiger partial charge in [0.25, 0.3) is 5.69 Å². The number of hydrogen-bond donors (Lipinski definition) is 1. The van der Waals surface area contributed by atoms with Crippen molar-refractivity contribution in [1.82, 2.24) is 0 Å².